The lowest BCUT2D eigenvalue weighted by Crippen LogP contribution is -2.32. The Hall–Kier alpha value is -1.13. The molecular formula is C13H21NO2Si. The molecule has 0 aliphatic rings. The van der Waals surface area contributed by atoms with Crippen LogP contribution in [0.2, 0.25) is 5.04 Å². The van der Waals surface area contributed by atoms with Crippen LogP contribution in [0.15, 0.2) is 30.3 Å². The van der Waals surface area contributed by atoms with Gasteiger partial charge in [0.2, 0.25) is 0 Å². The number of rotatable bonds is 5. The minimum absolute atomic E-state index is 0.0559. The maximum absolute atomic E-state index is 10.9. The van der Waals surface area contributed by atoms with Gasteiger partial charge in [0.15, 0.2) is 0 Å². The van der Waals surface area contributed by atoms with Crippen molar-refractivity contribution in [2.24, 2.45) is 0 Å². The first-order chi connectivity index (χ1) is 7.88. The van der Waals surface area contributed by atoms with Crippen molar-refractivity contribution in [1.82, 2.24) is 4.98 Å². The molecule has 0 bridgehead atoms. The fourth-order valence-electron chi connectivity index (χ4n) is 1.60. The minimum Gasteiger partial charge on any atom is -0.481 e. The van der Waals surface area contributed by atoms with Gasteiger partial charge < -0.3 is 10.1 Å². The Kier molecular flexibility index (Phi) is 4.90. The molecule has 0 amide bonds. The predicted molar refractivity (Wildman–Crippen MR) is 72.8 cm³/mol. The highest BCUT2D eigenvalue weighted by molar-refractivity contribution is 6.36. The van der Waals surface area contributed by atoms with Crippen molar-refractivity contribution in [3.05, 3.63) is 35.9 Å². The van der Waals surface area contributed by atoms with E-state index in [-0.39, 0.29) is 17.5 Å². The molecular weight excluding hydrogens is 230 g/mol. The number of nitrogens with one attached hydrogen (secondary N) is 1. The van der Waals surface area contributed by atoms with Crippen molar-refractivity contribution < 1.29 is 9.90 Å². The van der Waals surface area contributed by atoms with Gasteiger partial charge in [0.25, 0.3) is 0 Å². The molecule has 0 aliphatic carbocycles. The molecule has 1 rings (SSSR count). The summed E-state index contributed by atoms with van der Waals surface area (Å²) in [6.45, 7) is 6.57. The molecule has 2 N–H and O–H groups in total. The SMILES string of the molecule is CC(C)(C)[SiH2]NC(CC(=O)O)c1ccccc1. The predicted octanol–water partition coefficient (Wildman–Crippen LogP) is 2.09. The topological polar surface area (TPSA) is 49.3 Å². The zero-order valence-corrected chi connectivity index (χ0v) is 12.1. The summed E-state index contributed by atoms with van der Waals surface area (Å²) in [6, 6.07) is 9.76. The van der Waals surface area contributed by atoms with Gasteiger partial charge in [-0.15, -0.1) is 0 Å². The van der Waals surface area contributed by atoms with Crippen LogP contribution in [0.1, 0.15) is 38.8 Å². The lowest BCUT2D eigenvalue weighted by atomic mass is 10.1. The third-order valence-electron chi connectivity index (χ3n) is 2.46. The van der Waals surface area contributed by atoms with Crippen molar-refractivity contribution in [1.29, 1.82) is 0 Å². The number of carbonyl (C=O) groups is 1. The highest BCUT2D eigenvalue weighted by Gasteiger charge is 2.18. The number of aliphatic carboxylic acids is 1. The second kappa shape index (κ2) is 5.98. The quantitative estimate of drug-likeness (QED) is 0.788. The average molecular weight is 251 g/mol. The number of hydrogen-bond acceptors (Lipinski definition) is 2. The number of hydrogen-bond donors (Lipinski definition) is 2. The van der Waals surface area contributed by atoms with Gasteiger partial charge in [0.1, 0.15) is 0 Å². The molecule has 1 unspecified atom stereocenters. The highest BCUT2D eigenvalue weighted by atomic mass is 28.2. The van der Waals surface area contributed by atoms with Crippen LogP contribution in [0, 0.1) is 0 Å². The van der Waals surface area contributed by atoms with Crippen molar-refractivity contribution in [3.63, 3.8) is 0 Å². The summed E-state index contributed by atoms with van der Waals surface area (Å²) in [5, 5.41) is 9.23. The van der Waals surface area contributed by atoms with Crippen molar-refractivity contribution in [3.8, 4) is 0 Å². The summed E-state index contributed by atoms with van der Waals surface area (Å²) in [5.74, 6) is -0.755. The van der Waals surface area contributed by atoms with Gasteiger partial charge in [-0.05, 0) is 10.6 Å². The Morgan fingerprint density at radius 1 is 1.35 bits per heavy atom. The van der Waals surface area contributed by atoms with Crippen LogP contribution in [0.3, 0.4) is 0 Å². The number of benzene rings is 1. The summed E-state index contributed by atoms with van der Waals surface area (Å²) in [4.78, 5) is 14.3. The molecule has 0 saturated carbocycles. The summed E-state index contributed by atoms with van der Waals surface area (Å²) in [5.41, 5.74) is 1.06. The molecule has 0 radical (unpaired) electrons. The van der Waals surface area contributed by atoms with E-state index in [9.17, 15) is 4.79 Å². The molecule has 1 aromatic carbocycles. The molecule has 3 nitrogen and oxygen atoms in total. The van der Waals surface area contributed by atoms with Crippen LogP contribution in [0.5, 0.6) is 0 Å². The molecule has 1 aromatic rings. The van der Waals surface area contributed by atoms with Gasteiger partial charge in [-0.3, -0.25) is 4.79 Å². The maximum atomic E-state index is 10.9. The first kappa shape index (κ1) is 13.9. The Bertz CT molecular complexity index is 359. The normalized spacial score (nSPS) is 14.1. The van der Waals surface area contributed by atoms with Crippen LogP contribution in [-0.4, -0.2) is 20.8 Å². The van der Waals surface area contributed by atoms with E-state index in [1.807, 2.05) is 30.3 Å². The van der Waals surface area contributed by atoms with Crippen LogP contribution < -0.4 is 4.98 Å². The van der Waals surface area contributed by atoms with Gasteiger partial charge in [0, 0.05) is 6.04 Å². The zero-order valence-electron chi connectivity index (χ0n) is 10.7. The van der Waals surface area contributed by atoms with Gasteiger partial charge in [-0.2, -0.15) is 0 Å². The molecule has 94 valence electrons. The molecule has 0 fully saturated rings. The zero-order chi connectivity index (χ0) is 12.9. The van der Waals surface area contributed by atoms with E-state index < -0.39 is 15.7 Å². The van der Waals surface area contributed by atoms with E-state index in [1.165, 1.54) is 0 Å². The minimum atomic E-state index is -0.755. The standard InChI is InChI=1S/C13H21NO2Si/c1-13(2,3)17-14-11(9-12(15)16)10-7-5-4-6-8-10/h4-8,11,14H,9,17H2,1-3H3,(H,15,16). The van der Waals surface area contributed by atoms with E-state index >= 15 is 0 Å². The molecule has 0 heterocycles. The lowest BCUT2D eigenvalue weighted by Gasteiger charge is -2.23. The average Bonchev–Trinajstić information content (AvgIpc) is 2.24. The second-order valence-electron chi connectivity index (χ2n) is 5.50. The molecule has 17 heavy (non-hydrogen) atoms. The van der Waals surface area contributed by atoms with Crippen molar-refractivity contribution in [2.45, 2.75) is 38.3 Å². The van der Waals surface area contributed by atoms with E-state index in [0.717, 1.165) is 5.56 Å². The van der Waals surface area contributed by atoms with Crippen molar-refractivity contribution >= 4 is 15.7 Å². The third-order valence-corrected chi connectivity index (χ3v) is 4.22. The Labute approximate surface area is 105 Å². The summed E-state index contributed by atoms with van der Waals surface area (Å²) in [7, 11) is -0.498. The summed E-state index contributed by atoms with van der Waals surface area (Å²) >= 11 is 0. The fourth-order valence-corrected chi connectivity index (χ4v) is 2.84. The Morgan fingerprint density at radius 2 is 1.94 bits per heavy atom. The van der Waals surface area contributed by atoms with E-state index in [0.29, 0.717) is 0 Å². The summed E-state index contributed by atoms with van der Waals surface area (Å²) in [6.07, 6.45) is 0.146. The first-order valence-corrected chi connectivity index (χ1v) is 7.30. The fraction of sp³-hybridized carbons (Fsp3) is 0.462. The van der Waals surface area contributed by atoms with Gasteiger partial charge >= 0.3 is 5.97 Å². The Balaban J connectivity index is 2.71. The monoisotopic (exact) mass is 251 g/mol. The van der Waals surface area contributed by atoms with E-state index in [4.69, 9.17) is 5.11 Å². The highest BCUT2D eigenvalue weighted by Crippen LogP contribution is 2.22. The number of carboxylic acid groups (broad SMARTS) is 1. The Morgan fingerprint density at radius 3 is 2.41 bits per heavy atom. The van der Waals surface area contributed by atoms with Gasteiger partial charge in [-0.25, -0.2) is 0 Å². The summed E-state index contributed by atoms with van der Waals surface area (Å²) < 4.78 is 0. The van der Waals surface area contributed by atoms with Crippen LogP contribution in [0.25, 0.3) is 0 Å². The third kappa shape index (κ3) is 5.65. The van der Waals surface area contributed by atoms with Crippen LogP contribution >= 0.6 is 0 Å². The maximum Gasteiger partial charge on any atom is 0.305 e. The first-order valence-electron chi connectivity index (χ1n) is 5.88. The van der Waals surface area contributed by atoms with Gasteiger partial charge in [-0.1, -0.05) is 51.1 Å². The van der Waals surface area contributed by atoms with Crippen molar-refractivity contribution in [2.75, 3.05) is 0 Å². The molecule has 0 saturated heterocycles. The van der Waals surface area contributed by atoms with E-state index in [1.54, 1.807) is 0 Å². The van der Waals surface area contributed by atoms with Crippen LogP contribution in [0.4, 0.5) is 0 Å². The van der Waals surface area contributed by atoms with E-state index in [2.05, 4.69) is 25.8 Å². The molecule has 0 aliphatic heterocycles. The molecule has 0 spiro atoms. The second-order valence-corrected chi connectivity index (χ2v) is 8.39. The van der Waals surface area contributed by atoms with Crippen LogP contribution in [-0.2, 0) is 4.79 Å². The molecule has 0 aromatic heterocycles. The van der Waals surface area contributed by atoms with Gasteiger partial charge in [0.05, 0.1) is 16.1 Å². The molecule has 1 atom stereocenters. The number of carboxylic acids is 1. The smallest absolute Gasteiger partial charge is 0.305 e. The largest absolute Gasteiger partial charge is 0.481 e. The molecule has 4 heteroatoms. The lowest BCUT2D eigenvalue weighted by molar-refractivity contribution is -0.137.